The molecule has 1 atom stereocenters. The van der Waals surface area contributed by atoms with E-state index in [-0.39, 0.29) is 0 Å². The zero-order valence-electron chi connectivity index (χ0n) is 10.1. The predicted octanol–water partition coefficient (Wildman–Crippen LogP) is 3.12. The van der Waals surface area contributed by atoms with Crippen LogP contribution < -0.4 is 0 Å². The van der Waals surface area contributed by atoms with Crippen molar-refractivity contribution in [1.82, 2.24) is 18.9 Å². The van der Waals surface area contributed by atoms with E-state index in [0.717, 1.165) is 28.8 Å². The first-order chi connectivity index (χ1) is 7.65. The van der Waals surface area contributed by atoms with Gasteiger partial charge in [0.1, 0.15) is 11.0 Å². The summed E-state index contributed by atoms with van der Waals surface area (Å²) >= 11 is 1.25. The Labute approximate surface area is 99.4 Å². The van der Waals surface area contributed by atoms with Crippen LogP contribution in [0.1, 0.15) is 57.3 Å². The molecule has 0 fully saturated rings. The summed E-state index contributed by atoms with van der Waals surface area (Å²) in [6, 6.07) is 0. The average molecular weight is 236 g/mol. The van der Waals surface area contributed by atoms with Gasteiger partial charge in [-0.3, -0.25) is 0 Å². The van der Waals surface area contributed by atoms with Crippen LogP contribution in [0.3, 0.4) is 0 Å². The van der Waals surface area contributed by atoms with Gasteiger partial charge in [-0.15, -0.1) is 0 Å². The topological polar surface area (TPSA) is 51.6 Å². The van der Waals surface area contributed by atoms with E-state index >= 15 is 0 Å². The highest BCUT2D eigenvalue weighted by Crippen LogP contribution is 2.27. The van der Waals surface area contributed by atoms with Crippen molar-refractivity contribution in [3.63, 3.8) is 0 Å². The minimum absolute atomic E-state index is 0.338. The second-order valence-corrected chi connectivity index (χ2v) is 4.92. The minimum Gasteiger partial charge on any atom is -0.171 e. The lowest BCUT2D eigenvalue weighted by atomic mass is 10.0. The second kappa shape index (κ2) is 4.41. The summed E-state index contributed by atoms with van der Waals surface area (Å²) in [5.41, 5.74) is 3.81. The van der Waals surface area contributed by atoms with Gasteiger partial charge >= 0.3 is 0 Å². The minimum atomic E-state index is 0.338. The summed E-state index contributed by atoms with van der Waals surface area (Å²) in [6.45, 7) is 8.50. The van der Waals surface area contributed by atoms with Crippen LogP contribution >= 0.6 is 11.7 Å². The fraction of sp³-hybridized carbons (Fsp3) is 0.636. The Morgan fingerprint density at radius 3 is 2.12 bits per heavy atom. The number of fused-ring (bicyclic) bond motifs is 1. The first kappa shape index (κ1) is 11.4. The lowest BCUT2D eigenvalue weighted by molar-refractivity contribution is 0.685. The zero-order valence-corrected chi connectivity index (χ0v) is 10.9. The van der Waals surface area contributed by atoms with Crippen LogP contribution in [0.5, 0.6) is 0 Å². The molecule has 2 aromatic rings. The molecule has 1 unspecified atom stereocenters. The summed E-state index contributed by atoms with van der Waals surface area (Å²) in [5, 5.41) is 8.63. The van der Waals surface area contributed by atoms with Crippen molar-refractivity contribution in [3.05, 3.63) is 11.4 Å². The van der Waals surface area contributed by atoms with Crippen molar-refractivity contribution in [1.29, 1.82) is 0 Å². The SMILES string of the molecule is CCC(C)c1nnc(C(C)C)c2nsnc12. The van der Waals surface area contributed by atoms with Crippen LogP contribution in [0, 0.1) is 0 Å². The fourth-order valence-corrected chi connectivity index (χ4v) is 2.21. The van der Waals surface area contributed by atoms with Crippen molar-refractivity contribution in [3.8, 4) is 0 Å². The molecule has 0 aliphatic rings. The van der Waals surface area contributed by atoms with Crippen LogP contribution in [0.25, 0.3) is 11.0 Å². The summed E-state index contributed by atoms with van der Waals surface area (Å²) in [4.78, 5) is 0. The molecular formula is C11H16N4S. The van der Waals surface area contributed by atoms with Crippen molar-refractivity contribution >= 4 is 22.8 Å². The molecule has 0 amide bonds. The Morgan fingerprint density at radius 1 is 1.00 bits per heavy atom. The summed E-state index contributed by atoms with van der Waals surface area (Å²) in [6.07, 6.45) is 1.04. The Kier molecular flexibility index (Phi) is 3.14. The third-order valence-corrected chi connectivity index (χ3v) is 3.39. The number of nitrogens with zero attached hydrogens (tertiary/aromatic N) is 4. The molecular weight excluding hydrogens is 220 g/mol. The lowest BCUT2D eigenvalue weighted by Crippen LogP contribution is -2.04. The number of hydrogen-bond donors (Lipinski definition) is 0. The molecule has 2 rings (SSSR count). The van der Waals surface area contributed by atoms with Gasteiger partial charge in [0.25, 0.3) is 0 Å². The second-order valence-electron chi connectivity index (χ2n) is 4.40. The molecule has 0 spiro atoms. The number of rotatable bonds is 3. The first-order valence-corrected chi connectivity index (χ1v) is 6.36. The quantitative estimate of drug-likeness (QED) is 0.821. The molecule has 0 N–H and O–H groups in total. The van der Waals surface area contributed by atoms with Crippen molar-refractivity contribution in [2.45, 2.75) is 46.0 Å². The van der Waals surface area contributed by atoms with Crippen molar-refractivity contribution < 1.29 is 0 Å². The molecule has 2 aromatic heterocycles. The third-order valence-electron chi connectivity index (χ3n) is 2.87. The Bertz CT molecular complexity index is 492. The molecule has 86 valence electrons. The van der Waals surface area contributed by atoms with E-state index in [1.54, 1.807) is 0 Å². The van der Waals surface area contributed by atoms with E-state index < -0.39 is 0 Å². The van der Waals surface area contributed by atoms with E-state index in [1.807, 2.05) is 0 Å². The standard InChI is InChI=1S/C11H16N4S/c1-5-7(4)9-11-10(14-16-15-11)8(6(2)3)12-13-9/h6-7H,5H2,1-4H3. The number of hydrogen-bond acceptors (Lipinski definition) is 5. The fourth-order valence-electron chi connectivity index (χ4n) is 1.64. The normalized spacial score (nSPS) is 13.6. The summed E-state index contributed by atoms with van der Waals surface area (Å²) in [5.74, 6) is 0.727. The van der Waals surface area contributed by atoms with Gasteiger partial charge in [0.2, 0.25) is 0 Å². The average Bonchev–Trinajstić information content (AvgIpc) is 2.75. The highest BCUT2D eigenvalue weighted by atomic mass is 32.1. The molecule has 2 heterocycles. The maximum absolute atomic E-state index is 4.36. The first-order valence-electron chi connectivity index (χ1n) is 5.63. The van der Waals surface area contributed by atoms with Gasteiger partial charge in [0.05, 0.1) is 23.1 Å². The van der Waals surface area contributed by atoms with Crippen LogP contribution in [-0.2, 0) is 0 Å². The molecule has 0 saturated carbocycles. The van der Waals surface area contributed by atoms with Crippen LogP contribution in [-0.4, -0.2) is 18.9 Å². The number of aromatic nitrogens is 4. The Hall–Kier alpha value is -1.10. The monoisotopic (exact) mass is 236 g/mol. The lowest BCUT2D eigenvalue weighted by Gasteiger charge is -2.09. The smallest absolute Gasteiger partial charge is 0.130 e. The molecule has 4 nitrogen and oxygen atoms in total. The van der Waals surface area contributed by atoms with E-state index in [4.69, 9.17) is 0 Å². The highest BCUT2D eigenvalue weighted by molar-refractivity contribution is 7.00. The summed E-state index contributed by atoms with van der Waals surface area (Å²) < 4.78 is 8.70. The Morgan fingerprint density at radius 2 is 1.56 bits per heavy atom. The molecule has 5 heteroatoms. The van der Waals surface area contributed by atoms with Crippen LogP contribution in [0.15, 0.2) is 0 Å². The Balaban J connectivity index is 2.63. The van der Waals surface area contributed by atoms with Gasteiger partial charge in [-0.2, -0.15) is 18.9 Å². The molecule has 0 bridgehead atoms. The van der Waals surface area contributed by atoms with E-state index in [2.05, 4.69) is 46.6 Å². The molecule has 0 aliphatic carbocycles. The molecule has 0 aromatic carbocycles. The van der Waals surface area contributed by atoms with E-state index in [0.29, 0.717) is 11.8 Å². The van der Waals surface area contributed by atoms with Crippen LogP contribution in [0.2, 0.25) is 0 Å². The maximum atomic E-state index is 4.36. The molecule has 0 saturated heterocycles. The van der Waals surface area contributed by atoms with Gasteiger partial charge in [0, 0.05) is 5.92 Å². The van der Waals surface area contributed by atoms with Gasteiger partial charge in [-0.1, -0.05) is 27.7 Å². The molecule has 0 aliphatic heterocycles. The van der Waals surface area contributed by atoms with Crippen molar-refractivity contribution in [2.75, 3.05) is 0 Å². The summed E-state index contributed by atoms with van der Waals surface area (Å²) in [7, 11) is 0. The predicted molar refractivity (Wildman–Crippen MR) is 65.8 cm³/mol. The van der Waals surface area contributed by atoms with Gasteiger partial charge in [0.15, 0.2) is 0 Å². The maximum Gasteiger partial charge on any atom is 0.130 e. The highest BCUT2D eigenvalue weighted by Gasteiger charge is 2.18. The van der Waals surface area contributed by atoms with Gasteiger partial charge < -0.3 is 0 Å². The van der Waals surface area contributed by atoms with Gasteiger partial charge in [-0.05, 0) is 12.3 Å². The van der Waals surface area contributed by atoms with Gasteiger partial charge in [-0.25, -0.2) is 0 Å². The van der Waals surface area contributed by atoms with E-state index in [9.17, 15) is 0 Å². The van der Waals surface area contributed by atoms with E-state index in [1.165, 1.54) is 11.7 Å². The van der Waals surface area contributed by atoms with Crippen LogP contribution in [0.4, 0.5) is 0 Å². The third kappa shape index (κ3) is 1.80. The molecule has 16 heavy (non-hydrogen) atoms. The zero-order chi connectivity index (χ0) is 11.7. The van der Waals surface area contributed by atoms with Crippen molar-refractivity contribution in [2.24, 2.45) is 0 Å². The molecule has 0 radical (unpaired) electrons. The largest absolute Gasteiger partial charge is 0.171 e.